The van der Waals surface area contributed by atoms with Crippen LogP contribution in [0.5, 0.6) is 5.75 Å². The van der Waals surface area contributed by atoms with Crippen LogP contribution in [0, 0.1) is 11.3 Å². The Balaban J connectivity index is 1.65. The van der Waals surface area contributed by atoms with Crippen LogP contribution in [0.4, 0.5) is 0 Å². The van der Waals surface area contributed by atoms with Crippen LogP contribution in [0.25, 0.3) is 11.1 Å². The molecule has 3 aromatic carbocycles. The first-order chi connectivity index (χ1) is 17.9. The van der Waals surface area contributed by atoms with Gasteiger partial charge in [0.05, 0.1) is 24.2 Å². The molecule has 37 heavy (non-hydrogen) atoms. The van der Waals surface area contributed by atoms with Gasteiger partial charge in [0, 0.05) is 6.42 Å². The molecule has 3 aromatic rings. The summed E-state index contributed by atoms with van der Waals surface area (Å²) in [6.45, 7) is 8.63. The third-order valence-corrected chi connectivity index (χ3v) is 6.50. The molecule has 0 saturated carbocycles. The zero-order valence-corrected chi connectivity index (χ0v) is 22.1. The molecule has 1 unspecified atom stereocenters. The molecule has 1 aliphatic heterocycles. The molecular weight excluding hydrogens is 458 g/mol. The van der Waals surface area contributed by atoms with Gasteiger partial charge in [0.2, 0.25) is 0 Å². The molecule has 4 rings (SSSR count). The number of nitriles is 1. The summed E-state index contributed by atoms with van der Waals surface area (Å²) in [6, 6.07) is 25.8. The molecule has 5 nitrogen and oxygen atoms in total. The Morgan fingerprint density at radius 3 is 2.32 bits per heavy atom. The van der Waals surface area contributed by atoms with Crippen LogP contribution in [-0.2, 0) is 11.3 Å². The van der Waals surface area contributed by atoms with E-state index in [-0.39, 0.29) is 12.0 Å². The van der Waals surface area contributed by atoms with Crippen molar-refractivity contribution >= 4 is 17.5 Å². The summed E-state index contributed by atoms with van der Waals surface area (Å²) < 4.78 is 7.65. The van der Waals surface area contributed by atoms with Gasteiger partial charge < -0.3 is 4.74 Å². The summed E-state index contributed by atoms with van der Waals surface area (Å²) in [5.41, 5.74) is 5.41. The first kappa shape index (κ1) is 26.0. The molecule has 0 saturated heterocycles. The lowest BCUT2D eigenvalue weighted by atomic mass is 9.89. The van der Waals surface area contributed by atoms with Crippen molar-refractivity contribution in [3.05, 3.63) is 89.5 Å². The minimum atomic E-state index is -0.402. The van der Waals surface area contributed by atoms with Gasteiger partial charge >= 0.3 is 11.7 Å². The fourth-order valence-electron chi connectivity index (χ4n) is 4.73. The number of carbonyl (C=O) groups excluding carboxylic acids is 1. The Bertz CT molecular complexity index is 1360. The highest BCUT2D eigenvalue weighted by atomic mass is 16.5. The van der Waals surface area contributed by atoms with Crippen LogP contribution in [0.15, 0.2) is 77.8 Å². The molecule has 5 heteroatoms. The predicted molar refractivity (Wildman–Crippen MR) is 148 cm³/mol. The van der Waals surface area contributed by atoms with Crippen molar-refractivity contribution in [3.63, 3.8) is 0 Å². The number of benzene rings is 3. The van der Waals surface area contributed by atoms with Gasteiger partial charge in [-0.2, -0.15) is 9.84 Å². The Morgan fingerprint density at radius 1 is 1.00 bits per heavy atom. The molecule has 0 spiro atoms. The summed E-state index contributed by atoms with van der Waals surface area (Å²) >= 11 is 0. The van der Waals surface area contributed by atoms with Crippen molar-refractivity contribution in [1.82, 2.24) is 0 Å². The zero-order chi connectivity index (χ0) is 26.4. The maximum atomic E-state index is 14.0. The number of hydrogen-bond donors (Lipinski definition) is 0. The molecule has 1 amide bonds. The Morgan fingerprint density at radius 2 is 1.70 bits per heavy atom. The third kappa shape index (κ3) is 5.86. The van der Waals surface area contributed by atoms with E-state index >= 15 is 0 Å². The number of amidine groups is 1. The van der Waals surface area contributed by atoms with Crippen LogP contribution < -0.4 is 4.74 Å². The van der Waals surface area contributed by atoms with Gasteiger partial charge in [-0.05, 0) is 60.7 Å². The Kier molecular flexibility index (Phi) is 8.30. The third-order valence-electron chi connectivity index (χ3n) is 6.50. The van der Waals surface area contributed by atoms with Gasteiger partial charge in [-0.1, -0.05) is 73.4 Å². The van der Waals surface area contributed by atoms with Gasteiger partial charge in [-0.15, -0.1) is 0 Å². The van der Waals surface area contributed by atoms with Gasteiger partial charge in [0.1, 0.15) is 23.9 Å². The lowest BCUT2D eigenvalue weighted by Crippen LogP contribution is -2.39. The average molecular weight is 493 g/mol. The fourth-order valence-corrected chi connectivity index (χ4v) is 4.73. The number of hydrogen-bond acceptors (Lipinski definition) is 4. The van der Waals surface area contributed by atoms with E-state index in [2.05, 4.69) is 19.9 Å². The topological polar surface area (TPSA) is 65.5 Å². The SMILES string of the molecule is CCCC1=[N+](Cc2ccc(-c3ccccc3C#N)cc2)C(=O)C(c2ccc(OC(C)C)cc2)C(CC)=N1. The Labute approximate surface area is 219 Å². The van der Waals surface area contributed by atoms with Gasteiger partial charge in [0.15, 0.2) is 0 Å². The first-order valence-corrected chi connectivity index (χ1v) is 13.0. The van der Waals surface area contributed by atoms with E-state index in [4.69, 9.17) is 9.73 Å². The predicted octanol–water partition coefficient (Wildman–Crippen LogP) is 6.90. The number of aliphatic imine (C=N–C) groups is 1. The summed E-state index contributed by atoms with van der Waals surface area (Å²) in [5, 5.41) is 9.46. The highest BCUT2D eigenvalue weighted by molar-refractivity contribution is 6.14. The van der Waals surface area contributed by atoms with Crippen molar-refractivity contribution in [3.8, 4) is 22.9 Å². The monoisotopic (exact) mass is 492 g/mol. The lowest BCUT2D eigenvalue weighted by Gasteiger charge is -2.21. The second-order valence-electron chi connectivity index (χ2n) is 9.57. The van der Waals surface area contributed by atoms with Gasteiger partial charge in [0.25, 0.3) is 0 Å². The number of amides is 1. The van der Waals surface area contributed by atoms with E-state index in [1.165, 1.54) is 0 Å². The van der Waals surface area contributed by atoms with E-state index in [9.17, 15) is 10.1 Å². The van der Waals surface area contributed by atoms with E-state index < -0.39 is 5.92 Å². The molecule has 0 aliphatic carbocycles. The molecule has 0 fully saturated rings. The molecule has 0 bridgehead atoms. The lowest BCUT2D eigenvalue weighted by molar-refractivity contribution is -0.468. The molecule has 1 aliphatic rings. The van der Waals surface area contributed by atoms with E-state index in [0.29, 0.717) is 18.5 Å². The molecule has 0 N–H and O–H groups in total. The van der Waals surface area contributed by atoms with E-state index in [1.54, 1.807) is 0 Å². The molecule has 0 radical (unpaired) electrons. The number of nitrogens with zero attached hydrogens (tertiary/aromatic N) is 3. The minimum Gasteiger partial charge on any atom is -0.491 e. The van der Waals surface area contributed by atoms with Crippen LogP contribution in [-0.4, -0.2) is 28.1 Å². The second-order valence-corrected chi connectivity index (χ2v) is 9.57. The summed E-state index contributed by atoms with van der Waals surface area (Å²) in [5.74, 6) is 1.29. The van der Waals surface area contributed by atoms with Crippen molar-refractivity contribution in [2.75, 3.05) is 0 Å². The average Bonchev–Trinajstić information content (AvgIpc) is 2.91. The highest BCUT2D eigenvalue weighted by Crippen LogP contribution is 2.29. The van der Waals surface area contributed by atoms with Crippen molar-refractivity contribution in [1.29, 1.82) is 5.26 Å². The normalized spacial score (nSPS) is 15.5. The van der Waals surface area contributed by atoms with Crippen LogP contribution in [0.3, 0.4) is 0 Å². The maximum absolute atomic E-state index is 14.0. The molecule has 188 valence electrons. The summed E-state index contributed by atoms with van der Waals surface area (Å²) in [4.78, 5) is 19.0. The highest BCUT2D eigenvalue weighted by Gasteiger charge is 2.40. The summed E-state index contributed by atoms with van der Waals surface area (Å²) in [6.07, 6.45) is 2.47. The second kappa shape index (κ2) is 11.8. The first-order valence-electron chi connectivity index (χ1n) is 13.0. The number of carbonyl (C=O) groups is 1. The zero-order valence-electron chi connectivity index (χ0n) is 22.1. The fraction of sp³-hybridized carbons (Fsp3) is 0.312. The standard InChI is InChI=1S/C32H34N3O2/c1-5-9-30-34-29(6-2)31(25-16-18-27(19-17-25)37-22(3)4)32(36)35(30)21-23-12-14-24(15-13-23)28-11-8-7-10-26(28)20-33/h7-8,10-19,22,31H,5-6,9,21H2,1-4H3/q+1. The molecule has 1 atom stereocenters. The molecule has 1 heterocycles. The van der Waals surface area contributed by atoms with Crippen molar-refractivity contribution in [2.24, 2.45) is 4.99 Å². The largest absolute Gasteiger partial charge is 0.491 e. The van der Waals surface area contributed by atoms with Crippen LogP contribution in [0.2, 0.25) is 0 Å². The van der Waals surface area contributed by atoms with Gasteiger partial charge in [-0.25, -0.2) is 4.79 Å². The molecule has 0 aromatic heterocycles. The van der Waals surface area contributed by atoms with E-state index in [1.807, 2.05) is 91.2 Å². The minimum absolute atomic E-state index is 0.0618. The quantitative estimate of drug-likeness (QED) is 0.305. The number of ether oxygens (including phenoxy) is 1. The van der Waals surface area contributed by atoms with Crippen molar-refractivity contribution < 1.29 is 14.1 Å². The summed E-state index contributed by atoms with van der Waals surface area (Å²) in [7, 11) is 0. The number of rotatable bonds is 9. The Hall–Kier alpha value is -4.04. The maximum Gasteiger partial charge on any atom is 0.325 e. The van der Waals surface area contributed by atoms with Gasteiger partial charge in [-0.3, -0.25) is 0 Å². The smallest absolute Gasteiger partial charge is 0.325 e. The van der Waals surface area contributed by atoms with Crippen molar-refractivity contribution in [2.45, 2.75) is 65.5 Å². The van der Waals surface area contributed by atoms with E-state index in [0.717, 1.165) is 52.4 Å². The molecular formula is C32H34N3O2+. The van der Waals surface area contributed by atoms with Crippen LogP contribution >= 0.6 is 0 Å². The van der Waals surface area contributed by atoms with Crippen LogP contribution in [0.1, 0.15) is 69.6 Å².